The van der Waals surface area contributed by atoms with Crippen LogP contribution in [-0.4, -0.2) is 63.5 Å². The van der Waals surface area contributed by atoms with E-state index in [9.17, 15) is 4.79 Å². The van der Waals surface area contributed by atoms with E-state index >= 15 is 0 Å². The van der Waals surface area contributed by atoms with Gasteiger partial charge in [0.05, 0.1) is 29.3 Å². The van der Waals surface area contributed by atoms with Crippen molar-refractivity contribution in [2.45, 2.75) is 19.4 Å². The van der Waals surface area contributed by atoms with Crippen LogP contribution in [0.5, 0.6) is 0 Å². The molecule has 1 atom stereocenters. The normalized spacial score (nSPS) is 15.0. The number of piperazine rings is 1. The summed E-state index contributed by atoms with van der Waals surface area (Å²) in [5.41, 5.74) is 6.05. The number of H-pyrrole nitrogens is 1. The van der Waals surface area contributed by atoms with Crippen molar-refractivity contribution in [3.63, 3.8) is 0 Å². The van der Waals surface area contributed by atoms with Gasteiger partial charge >= 0.3 is 0 Å². The van der Waals surface area contributed by atoms with E-state index in [1.807, 2.05) is 11.8 Å². The maximum absolute atomic E-state index is 14.2. The molecule has 1 fully saturated rings. The minimum atomic E-state index is -0.0589. The molecule has 6 heteroatoms. The van der Waals surface area contributed by atoms with Crippen LogP contribution in [-0.2, 0) is 6.42 Å². The number of benzene rings is 4. The van der Waals surface area contributed by atoms with E-state index in [1.165, 1.54) is 16.3 Å². The van der Waals surface area contributed by atoms with Gasteiger partial charge in [-0.1, -0.05) is 84.9 Å². The average molecular weight is 554 g/mol. The number of likely N-dealkylation sites (N-methyl/N-ethyl adjacent to an activating group) is 1. The zero-order valence-corrected chi connectivity index (χ0v) is 24.1. The second-order valence-corrected chi connectivity index (χ2v) is 11.5. The first-order chi connectivity index (χ1) is 20.5. The van der Waals surface area contributed by atoms with Crippen molar-refractivity contribution >= 4 is 27.5 Å². The first-order valence-corrected chi connectivity index (χ1v) is 14.7. The number of carbonyl (C=O) groups excluding carboxylic acids is 1. The van der Waals surface area contributed by atoms with E-state index in [4.69, 9.17) is 0 Å². The van der Waals surface area contributed by atoms with Gasteiger partial charge in [-0.15, -0.1) is 0 Å². The van der Waals surface area contributed by atoms with Crippen LogP contribution < -0.4 is 0 Å². The number of nitrogens with one attached hydrogen (secondary N) is 1. The summed E-state index contributed by atoms with van der Waals surface area (Å²) in [6.07, 6.45) is 6.78. The van der Waals surface area contributed by atoms with Gasteiger partial charge in [-0.05, 0) is 53.1 Å². The van der Waals surface area contributed by atoms with Crippen molar-refractivity contribution in [2.75, 3.05) is 33.2 Å². The Balaban J connectivity index is 1.37. The van der Waals surface area contributed by atoms with E-state index < -0.39 is 0 Å². The van der Waals surface area contributed by atoms with Gasteiger partial charge in [0, 0.05) is 44.1 Å². The molecule has 1 N–H and O–H groups in total. The summed E-state index contributed by atoms with van der Waals surface area (Å²) in [4.78, 5) is 26.5. The molecule has 6 aromatic rings. The number of aromatic amines is 1. The van der Waals surface area contributed by atoms with Crippen molar-refractivity contribution in [3.8, 4) is 11.1 Å². The molecule has 1 amide bonds. The average Bonchev–Trinajstić information content (AvgIpc) is 3.66. The number of hydrogen-bond acceptors (Lipinski definition) is 3. The van der Waals surface area contributed by atoms with Crippen LogP contribution in [0.1, 0.15) is 33.4 Å². The second-order valence-electron chi connectivity index (χ2n) is 11.5. The molecule has 0 spiro atoms. The standard InChI is InChI=1S/C36H35N5O/c1-25-35(38-24-37-25)34(21-26-14-15-27-8-3-4-10-29(27)20-26)41-22-32(31-13-7-11-28-9-5-6-12-30(28)31)33(23-41)36(42)40-18-16-39(2)17-19-40/h3-15,20,22-24,34H,16-19,21H2,1-2H3,(H,37,38). The lowest BCUT2D eigenvalue weighted by Gasteiger charge is -2.32. The number of aryl methyl sites for hydroxylation is 1. The third-order valence-corrected chi connectivity index (χ3v) is 8.75. The Morgan fingerprint density at radius 1 is 0.833 bits per heavy atom. The van der Waals surface area contributed by atoms with E-state index in [1.54, 1.807) is 6.33 Å². The van der Waals surface area contributed by atoms with Gasteiger partial charge in [-0.3, -0.25) is 4.79 Å². The molecule has 1 saturated heterocycles. The fourth-order valence-electron chi connectivity index (χ4n) is 6.34. The molecule has 6 nitrogen and oxygen atoms in total. The van der Waals surface area contributed by atoms with Gasteiger partial charge in [0.1, 0.15) is 0 Å². The van der Waals surface area contributed by atoms with Crippen LogP contribution in [0, 0.1) is 6.92 Å². The largest absolute Gasteiger partial charge is 0.347 e. The molecule has 1 aliphatic rings. The Labute approximate surface area is 246 Å². The van der Waals surface area contributed by atoms with Gasteiger partial charge in [-0.2, -0.15) is 0 Å². The van der Waals surface area contributed by atoms with Gasteiger partial charge in [0.2, 0.25) is 0 Å². The molecule has 0 aliphatic carbocycles. The number of fused-ring (bicyclic) bond motifs is 2. The molecular weight excluding hydrogens is 518 g/mol. The molecule has 1 aliphatic heterocycles. The molecule has 7 rings (SSSR count). The molecule has 0 bridgehead atoms. The van der Waals surface area contributed by atoms with Gasteiger partial charge < -0.3 is 19.4 Å². The lowest BCUT2D eigenvalue weighted by Crippen LogP contribution is -2.47. The van der Waals surface area contributed by atoms with Crippen LogP contribution in [0.4, 0.5) is 0 Å². The molecule has 1 unspecified atom stereocenters. The SMILES string of the molecule is Cc1nc[nH]c1C(Cc1ccc2ccccc2c1)n1cc(C(=O)N2CCN(C)CC2)c(-c2cccc3ccccc23)c1. The predicted molar refractivity (Wildman–Crippen MR) is 170 cm³/mol. The molecule has 0 saturated carbocycles. The molecule has 210 valence electrons. The number of aromatic nitrogens is 3. The summed E-state index contributed by atoms with van der Waals surface area (Å²) in [6, 6.07) is 29.9. The fourth-order valence-corrected chi connectivity index (χ4v) is 6.34. The van der Waals surface area contributed by atoms with Crippen molar-refractivity contribution in [1.29, 1.82) is 0 Å². The Morgan fingerprint density at radius 2 is 1.57 bits per heavy atom. The van der Waals surface area contributed by atoms with Crippen LogP contribution >= 0.6 is 0 Å². The van der Waals surface area contributed by atoms with Crippen molar-refractivity contribution in [1.82, 2.24) is 24.3 Å². The quantitative estimate of drug-likeness (QED) is 0.249. The molecule has 42 heavy (non-hydrogen) atoms. The summed E-state index contributed by atoms with van der Waals surface area (Å²) in [5.74, 6) is 0.0931. The molecule has 2 aromatic heterocycles. The lowest BCUT2D eigenvalue weighted by atomic mass is 9.97. The predicted octanol–water partition coefficient (Wildman–Crippen LogP) is 6.71. The molecule has 0 radical (unpaired) electrons. The van der Waals surface area contributed by atoms with E-state index in [0.29, 0.717) is 0 Å². The maximum Gasteiger partial charge on any atom is 0.256 e. The van der Waals surface area contributed by atoms with Gasteiger partial charge in [0.25, 0.3) is 5.91 Å². The number of hydrogen-bond donors (Lipinski definition) is 1. The van der Waals surface area contributed by atoms with Crippen LogP contribution in [0.25, 0.3) is 32.7 Å². The van der Waals surface area contributed by atoms with Crippen LogP contribution in [0.2, 0.25) is 0 Å². The highest BCUT2D eigenvalue weighted by Crippen LogP contribution is 2.36. The maximum atomic E-state index is 14.2. The van der Waals surface area contributed by atoms with E-state index in [2.05, 4.69) is 124 Å². The van der Waals surface area contributed by atoms with Crippen LogP contribution in [0.3, 0.4) is 0 Å². The fraction of sp³-hybridized carbons (Fsp3) is 0.222. The monoisotopic (exact) mass is 553 g/mol. The Morgan fingerprint density at radius 3 is 2.36 bits per heavy atom. The van der Waals surface area contributed by atoms with Crippen molar-refractivity contribution in [2.24, 2.45) is 0 Å². The van der Waals surface area contributed by atoms with E-state index in [-0.39, 0.29) is 11.9 Å². The number of nitrogens with zero attached hydrogens (tertiary/aromatic N) is 4. The molecule has 3 heterocycles. The van der Waals surface area contributed by atoms with Crippen LogP contribution in [0.15, 0.2) is 104 Å². The number of amides is 1. The third kappa shape index (κ3) is 4.88. The molecule has 4 aromatic carbocycles. The summed E-state index contributed by atoms with van der Waals surface area (Å²) >= 11 is 0. The number of rotatable bonds is 6. The Kier molecular flexibility index (Phi) is 6.84. The van der Waals surface area contributed by atoms with Gasteiger partial charge in [-0.25, -0.2) is 4.98 Å². The highest BCUT2D eigenvalue weighted by atomic mass is 16.2. The third-order valence-electron chi connectivity index (χ3n) is 8.75. The smallest absolute Gasteiger partial charge is 0.256 e. The summed E-state index contributed by atoms with van der Waals surface area (Å²) in [6.45, 7) is 5.28. The number of carbonyl (C=O) groups is 1. The Hall–Kier alpha value is -4.68. The summed E-state index contributed by atoms with van der Waals surface area (Å²) < 4.78 is 2.23. The first-order valence-electron chi connectivity index (χ1n) is 14.7. The second kappa shape index (κ2) is 11.0. The zero-order chi connectivity index (χ0) is 28.6. The minimum absolute atomic E-state index is 0.0589. The van der Waals surface area contributed by atoms with Gasteiger partial charge in [0.15, 0.2) is 0 Å². The highest BCUT2D eigenvalue weighted by Gasteiger charge is 2.28. The number of imidazole rings is 1. The molecular formula is C36H35N5O. The first kappa shape index (κ1) is 26.2. The Bertz CT molecular complexity index is 1890. The highest BCUT2D eigenvalue weighted by molar-refractivity contribution is 6.06. The summed E-state index contributed by atoms with van der Waals surface area (Å²) in [7, 11) is 2.12. The van der Waals surface area contributed by atoms with E-state index in [0.717, 1.165) is 71.5 Å². The van der Waals surface area contributed by atoms with Crippen molar-refractivity contribution < 1.29 is 4.79 Å². The lowest BCUT2D eigenvalue weighted by molar-refractivity contribution is 0.0664. The summed E-state index contributed by atoms with van der Waals surface area (Å²) in [5, 5.41) is 4.77. The topological polar surface area (TPSA) is 57.2 Å². The van der Waals surface area contributed by atoms with Crippen molar-refractivity contribution in [3.05, 3.63) is 126 Å². The minimum Gasteiger partial charge on any atom is -0.347 e. The zero-order valence-electron chi connectivity index (χ0n) is 24.1.